The van der Waals surface area contributed by atoms with E-state index in [4.69, 9.17) is 4.42 Å². The number of rotatable bonds is 6. The quantitative estimate of drug-likeness (QED) is 0.170. The Kier molecular flexibility index (Phi) is 7.39. The number of para-hydroxylation sites is 2. The molecule has 0 radical (unpaired) electrons. The van der Waals surface area contributed by atoms with E-state index in [0.717, 1.165) is 61.3 Å². The third-order valence-electron chi connectivity index (χ3n) is 10.9. The first-order chi connectivity index (χ1) is 27.3. The van der Waals surface area contributed by atoms with Crippen molar-refractivity contribution in [3.05, 3.63) is 200 Å². The van der Waals surface area contributed by atoms with Gasteiger partial charge in [-0.3, -0.25) is 0 Å². The number of hydrogen-bond acceptors (Lipinski definition) is 3. The van der Waals surface area contributed by atoms with Crippen LogP contribution in [0.4, 0.5) is 17.1 Å². The Morgan fingerprint density at radius 1 is 0.345 bits per heavy atom. The van der Waals surface area contributed by atoms with Gasteiger partial charge in [0.25, 0.3) is 0 Å². The van der Waals surface area contributed by atoms with E-state index in [-0.39, 0.29) is 0 Å². The fourth-order valence-electron chi connectivity index (χ4n) is 8.36. The summed E-state index contributed by atoms with van der Waals surface area (Å²) < 4.78 is 8.98. The van der Waals surface area contributed by atoms with Gasteiger partial charge in [-0.05, 0) is 81.6 Å². The fourth-order valence-corrected chi connectivity index (χ4v) is 9.49. The molecule has 0 amide bonds. The zero-order chi connectivity index (χ0) is 36.3. The molecule has 2 heterocycles. The van der Waals surface area contributed by atoms with Gasteiger partial charge in [-0.2, -0.15) is 0 Å². The molecule has 0 aliphatic rings. The Labute approximate surface area is 322 Å². The van der Waals surface area contributed by atoms with Crippen molar-refractivity contribution in [3.63, 3.8) is 0 Å². The van der Waals surface area contributed by atoms with E-state index in [1.54, 1.807) is 0 Å². The normalized spacial score (nSPS) is 11.6. The zero-order valence-corrected chi connectivity index (χ0v) is 30.6. The van der Waals surface area contributed by atoms with E-state index in [1.807, 2.05) is 23.5 Å². The monoisotopic (exact) mass is 719 g/mol. The molecule has 0 spiro atoms. The maximum absolute atomic E-state index is 6.44. The molecule has 0 saturated heterocycles. The van der Waals surface area contributed by atoms with Crippen LogP contribution in [0.1, 0.15) is 0 Å². The molecule has 0 saturated carbocycles. The molecule has 0 aliphatic carbocycles. The highest BCUT2D eigenvalue weighted by Gasteiger charge is 2.25. The summed E-state index contributed by atoms with van der Waals surface area (Å²) in [5.74, 6) is 0. The molecule has 11 rings (SSSR count). The summed E-state index contributed by atoms with van der Waals surface area (Å²) in [7, 11) is 0. The molecule has 2 aromatic heterocycles. The van der Waals surface area contributed by atoms with Crippen molar-refractivity contribution >= 4 is 81.3 Å². The van der Waals surface area contributed by atoms with E-state index in [1.165, 1.54) is 42.1 Å². The Morgan fingerprint density at radius 3 is 1.89 bits per heavy atom. The van der Waals surface area contributed by atoms with Crippen molar-refractivity contribution in [1.82, 2.24) is 0 Å². The van der Waals surface area contributed by atoms with E-state index in [2.05, 4.69) is 193 Å². The predicted molar refractivity (Wildman–Crippen MR) is 235 cm³/mol. The van der Waals surface area contributed by atoms with Gasteiger partial charge in [0.2, 0.25) is 0 Å². The lowest BCUT2D eigenvalue weighted by molar-refractivity contribution is 0.669. The van der Waals surface area contributed by atoms with E-state index < -0.39 is 0 Å². The Morgan fingerprint density at radius 2 is 0.964 bits per heavy atom. The third-order valence-corrected chi connectivity index (χ3v) is 12.0. The predicted octanol–water partition coefficient (Wildman–Crippen LogP) is 15.6. The minimum absolute atomic E-state index is 0.883. The van der Waals surface area contributed by atoms with E-state index in [9.17, 15) is 0 Å². The second-order valence-electron chi connectivity index (χ2n) is 14.0. The highest BCUT2D eigenvalue weighted by Crippen LogP contribution is 2.50. The van der Waals surface area contributed by atoms with Crippen LogP contribution >= 0.6 is 11.3 Å². The van der Waals surface area contributed by atoms with Crippen LogP contribution in [0.25, 0.3) is 86.3 Å². The molecule has 3 heteroatoms. The second kappa shape index (κ2) is 12.9. The van der Waals surface area contributed by atoms with Crippen molar-refractivity contribution in [2.75, 3.05) is 4.90 Å². The number of furan rings is 1. The van der Waals surface area contributed by atoms with Crippen molar-refractivity contribution < 1.29 is 4.42 Å². The zero-order valence-electron chi connectivity index (χ0n) is 29.8. The van der Waals surface area contributed by atoms with Gasteiger partial charge >= 0.3 is 0 Å². The summed E-state index contributed by atoms with van der Waals surface area (Å²) in [5, 5.41) is 7.23. The van der Waals surface area contributed by atoms with Crippen LogP contribution in [0.5, 0.6) is 0 Å². The fraction of sp³-hybridized carbons (Fsp3) is 0. The molecular formula is C52H33NOS. The van der Waals surface area contributed by atoms with Crippen LogP contribution in [-0.2, 0) is 0 Å². The number of anilines is 3. The molecule has 0 atom stereocenters. The van der Waals surface area contributed by atoms with Crippen molar-refractivity contribution in [2.24, 2.45) is 0 Å². The molecule has 55 heavy (non-hydrogen) atoms. The van der Waals surface area contributed by atoms with Crippen molar-refractivity contribution in [1.29, 1.82) is 0 Å². The smallest absolute Gasteiger partial charge is 0.136 e. The van der Waals surface area contributed by atoms with Crippen LogP contribution in [-0.4, -0.2) is 0 Å². The van der Waals surface area contributed by atoms with Crippen LogP contribution in [0.3, 0.4) is 0 Å². The van der Waals surface area contributed by atoms with Crippen LogP contribution in [0, 0.1) is 0 Å². The minimum atomic E-state index is 0.883. The lowest BCUT2D eigenvalue weighted by atomic mass is 9.93. The summed E-state index contributed by atoms with van der Waals surface area (Å²) in [6.45, 7) is 0. The first-order valence-electron chi connectivity index (χ1n) is 18.7. The third kappa shape index (κ3) is 5.24. The van der Waals surface area contributed by atoms with Crippen molar-refractivity contribution in [2.45, 2.75) is 0 Å². The summed E-state index contributed by atoms with van der Waals surface area (Å²) in [4.78, 5) is 2.51. The average molecular weight is 720 g/mol. The Hall–Kier alpha value is -6.94. The minimum Gasteiger partial charge on any atom is -0.456 e. The molecule has 0 bridgehead atoms. The lowest BCUT2D eigenvalue weighted by Crippen LogP contribution is -2.13. The molecule has 0 aliphatic heterocycles. The number of thiophene rings is 1. The number of fused-ring (bicyclic) bond motifs is 7. The van der Waals surface area contributed by atoms with Crippen LogP contribution < -0.4 is 4.90 Å². The Bertz CT molecular complexity index is 3220. The highest BCUT2D eigenvalue weighted by molar-refractivity contribution is 7.26. The van der Waals surface area contributed by atoms with E-state index >= 15 is 0 Å². The summed E-state index contributed by atoms with van der Waals surface area (Å²) >= 11 is 1.85. The van der Waals surface area contributed by atoms with Gasteiger partial charge in [0.1, 0.15) is 11.2 Å². The van der Waals surface area contributed by atoms with Crippen LogP contribution in [0.15, 0.2) is 205 Å². The van der Waals surface area contributed by atoms with Gasteiger partial charge in [0, 0.05) is 42.1 Å². The molecule has 9 aromatic carbocycles. The van der Waals surface area contributed by atoms with Gasteiger partial charge in [-0.15, -0.1) is 11.3 Å². The highest BCUT2D eigenvalue weighted by atomic mass is 32.1. The molecule has 2 nitrogen and oxygen atoms in total. The molecule has 0 unspecified atom stereocenters. The van der Waals surface area contributed by atoms with Gasteiger partial charge in [0.05, 0.1) is 17.1 Å². The summed E-state index contributed by atoms with van der Waals surface area (Å²) in [6, 6.07) is 72.4. The number of nitrogens with zero attached hydrogens (tertiary/aromatic N) is 1. The van der Waals surface area contributed by atoms with Gasteiger partial charge in [-0.1, -0.05) is 152 Å². The van der Waals surface area contributed by atoms with Crippen molar-refractivity contribution in [3.8, 4) is 33.4 Å². The first kappa shape index (κ1) is 31.6. The maximum atomic E-state index is 6.44. The SMILES string of the molecule is c1ccc(-c2ccc(-c3cccc4ccccc34)cc2N(c2ccccc2-c2ccc3c(c2)oc2ccccc23)c2cccc3sc4ccccc4c23)cc1. The second-order valence-corrected chi connectivity index (χ2v) is 15.1. The molecule has 258 valence electrons. The van der Waals surface area contributed by atoms with Gasteiger partial charge in [-0.25, -0.2) is 0 Å². The summed E-state index contributed by atoms with van der Waals surface area (Å²) in [6.07, 6.45) is 0. The molecule has 0 fully saturated rings. The van der Waals surface area contributed by atoms with Gasteiger partial charge < -0.3 is 9.32 Å². The van der Waals surface area contributed by atoms with Crippen LogP contribution in [0.2, 0.25) is 0 Å². The average Bonchev–Trinajstić information content (AvgIpc) is 3.83. The molecule has 11 aromatic rings. The summed E-state index contributed by atoms with van der Waals surface area (Å²) in [5.41, 5.74) is 12.0. The molecular weight excluding hydrogens is 687 g/mol. The standard InChI is InChI=1S/C52H33NOS/c1-2-14-35(15-3-1)41-30-28-36(39-22-12-17-34-16-4-5-18-38(34)39)32-47(41)53(46-24-13-27-51-52(46)44-21-8-11-26-50(44)55-51)45-23-9-6-19-40(45)37-29-31-43-42-20-7-10-25-48(42)54-49(43)33-37/h1-33H. The lowest BCUT2D eigenvalue weighted by Gasteiger charge is -2.31. The van der Waals surface area contributed by atoms with Gasteiger partial charge in [0.15, 0.2) is 0 Å². The number of benzene rings is 9. The topological polar surface area (TPSA) is 16.4 Å². The maximum Gasteiger partial charge on any atom is 0.136 e. The first-order valence-corrected chi connectivity index (χ1v) is 19.5. The molecule has 0 N–H and O–H groups in total. The largest absolute Gasteiger partial charge is 0.456 e. The van der Waals surface area contributed by atoms with E-state index in [0.29, 0.717) is 0 Å². The number of hydrogen-bond donors (Lipinski definition) is 0. The Balaban J connectivity index is 1.23.